The lowest BCUT2D eigenvalue weighted by Gasteiger charge is -2.12. The van der Waals surface area contributed by atoms with Gasteiger partial charge >= 0.3 is 0 Å². The topological polar surface area (TPSA) is 41.1 Å². The van der Waals surface area contributed by atoms with Gasteiger partial charge in [-0.15, -0.1) is 0 Å². The summed E-state index contributed by atoms with van der Waals surface area (Å²) >= 11 is 0. The monoisotopic (exact) mass is 262 g/mol. The third kappa shape index (κ3) is 6.97. The fourth-order valence-electron chi connectivity index (χ4n) is 1.94. The van der Waals surface area contributed by atoms with Crippen molar-refractivity contribution in [2.45, 2.75) is 39.0 Å². The van der Waals surface area contributed by atoms with Gasteiger partial charge in [-0.2, -0.15) is 0 Å². The van der Waals surface area contributed by atoms with Crippen LogP contribution in [0.5, 0.6) is 0 Å². The van der Waals surface area contributed by atoms with E-state index >= 15 is 0 Å². The summed E-state index contributed by atoms with van der Waals surface area (Å²) < 4.78 is 0. The van der Waals surface area contributed by atoms with E-state index < -0.39 is 0 Å². The fraction of sp³-hybridized carbons (Fsp3) is 0.562. The molecule has 1 atom stereocenters. The molecular weight excluding hydrogens is 236 g/mol. The first-order valence-electron chi connectivity index (χ1n) is 7.26. The van der Waals surface area contributed by atoms with Crippen molar-refractivity contribution in [2.75, 3.05) is 19.6 Å². The van der Waals surface area contributed by atoms with E-state index in [0.29, 0.717) is 12.5 Å². The molecule has 0 aliphatic heterocycles. The van der Waals surface area contributed by atoms with Crippen molar-refractivity contribution in [1.29, 1.82) is 0 Å². The van der Waals surface area contributed by atoms with Crippen LogP contribution in [0.4, 0.5) is 0 Å². The van der Waals surface area contributed by atoms with Gasteiger partial charge in [-0.3, -0.25) is 4.79 Å². The van der Waals surface area contributed by atoms with Gasteiger partial charge in [0.25, 0.3) is 0 Å². The zero-order valence-corrected chi connectivity index (χ0v) is 12.1. The van der Waals surface area contributed by atoms with Gasteiger partial charge < -0.3 is 10.6 Å². The molecule has 0 radical (unpaired) electrons. The van der Waals surface area contributed by atoms with E-state index in [0.717, 1.165) is 32.4 Å². The summed E-state index contributed by atoms with van der Waals surface area (Å²) in [5, 5.41) is 6.10. The highest BCUT2D eigenvalue weighted by molar-refractivity contribution is 5.77. The van der Waals surface area contributed by atoms with Crippen LogP contribution in [-0.2, 0) is 4.79 Å². The number of amides is 1. The molecule has 3 heteroatoms. The molecular formula is C16H26N2O. The molecule has 1 unspecified atom stereocenters. The molecule has 3 nitrogen and oxygen atoms in total. The van der Waals surface area contributed by atoms with Crippen LogP contribution in [-0.4, -0.2) is 25.5 Å². The van der Waals surface area contributed by atoms with Crippen LogP contribution < -0.4 is 10.6 Å². The summed E-state index contributed by atoms with van der Waals surface area (Å²) in [4.78, 5) is 11.5. The average molecular weight is 262 g/mol. The average Bonchev–Trinajstić information content (AvgIpc) is 2.44. The molecule has 0 aliphatic rings. The maximum atomic E-state index is 11.5. The number of unbranched alkanes of at least 4 members (excludes halogenated alkanes) is 1. The second kappa shape index (κ2) is 9.56. The van der Waals surface area contributed by atoms with Gasteiger partial charge in [0.1, 0.15) is 0 Å². The van der Waals surface area contributed by atoms with Gasteiger partial charge in [-0.25, -0.2) is 0 Å². The lowest BCUT2D eigenvalue weighted by Crippen LogP contribution is -2.34. The van der Waals surface area contributed by atoms with Crippen LogP contribution in [0.3, 0.4) is 0 Å². The minimum atomic E-state index is 0.0980. The Bertz CT molecular complexity index is 351. The van der Waals surface area contributed by atoms with Crippen molar-refractivity contribution < 1.29 is 4.79 Å². The minimum Gasteiger partial charge on any atom is -0.355 e. The van der Waals surface area contributed by atoms with E-state index in [9.17, 15) is 4.79 Å². The third-order valence-corrected chi connectivity index (χ3v) is 3.26. The Morgan fingerprint density at radius 2 is 1.95 bits per heavy atom. The Labute approximate surface area is 116 Å². The molecule has 0 fully saturated rings. The highest BCUT2D eigenvalue weighted by Crippen LogP contribution is 2.17. The second-order valence-electron chi connectivity index (χ2n) is 4.98. The first kappa shape index (κ1) is 15.7. The maximum Gasteiger partial charge on any atom is 0.233 e. The molecule has 0 aliphatic carbocycles. The van der Waals surface area contributed by atoms with Crippen molar-refractivity contribution in [1.82, 2.24) is 10.6 Å². The van der Waals surface area contributed by atoms with E-state index in [2.05, 4.69) is 48.7 Å². The zero-order valence-electron chi connectivity index (χ0n) is 12.1. The largest absolute Gasteiger partial charge is 0.355 e. The lowest BCUT2D eigenvalue weighted by molar-refractivity contribution is -0.120. The summed E-state index contributed by atoms with van der Waals surface area (Å²) in [6.07, 6.45) is 3.21. The number of hydrogen-bond donors (Lipinski definition) is 2. The van der Waals surface area contributed by atoms with Crippen molar-refractivity contribution in [2.24, 2.45) is 0 Å². The van der Waals surface area contributed by atoms with Crippen LogP contribution in [0.15, 0.2) is 30.3 Å². The van der Waals surface area contributed by atoms with Gasteiger partial charge in [0.2, 0.25) is 5.91 Å². The molecule has 1 aromatic rings. The zero-order chi connectivity index (χ0) is 13.9. The summed E-state index contributed by atoms with van der Waals surface area (Å²) in [5.74, 6) is 0.623. The summed E-state index contributed by atoms with van der Waals surface area (Å²) in [7, 11) is 0. The highest BCUT2D eigenvalue weighted by Gasteiger charge is 2.05. The first-order valence-corrected chi connectivity index (χ1v) is 7.26. The van der Waals surface area contributed by atoms with Gasteiger partial charge in [0.05, 0.1) is 6.54 Å². The Morgan fingerprint density at radius 3 is 2.63 bits per heavy atom. The van der Waals surface area contributed by atoms with Crippen LogP contribution in [0, 0.1) is 0 Å². The van der Waals surface area contributed by atoms with Crippen molar-refractivity contribution in [3.8, 4) is 0 Å². The van der Waals surface area contributed by atoms with Crippen LogP contribution in [0.2, 0.25) is 0 Å². The molecule has 19 heavy (non-hydrogen) atoms. The van der Waals surface area contributed by atoms with E-state index in [1.807, 2.05) is 6.07 Å². The van der Waals surface area contributed by atoms with Gasteiger partial charge in [-0.1, -0.05) is 50.6 Å². The second-order valence-corrected chi connectivity index (χ2v) is 4.98. The molecule has 1 amide bonds. The lowest BCUT2D eigenvalue weighted by atomic mass is 9.98. The maximum absolute atomic E-state index is 11.5. The Hall–Kier alpha value is -1.35. The molecule has 0 spiro atoms. The van der Waals surface area contributed by atoms with E-state index in [1.165, 1.54) is 5.56 Å². The Morgan fingerprint density at radius 1 is 1.21 bits per heavy atom. The molecule has 0 saturated carbocycles. The van der Waals surface area contributed by atoms with Gasteiger partial charge in [-0.05, 0) is 30.9 Å². The quantitative estimate of drug-likeness (QED) is 0.672. The molecule has 2 N–H and O–H groups in total. The highest BCUT2D eigenvalue weighted by atomic mass is 16.1. The van der Waals surface area contributed by atoms with Crippen molar-refractivity contribution >= 4 is 5.91 Å². The normalized spacial score (nSPS) is 12.1. The van der Waals surface area contributed by atoms with Crippen molar-refractivity contribution in [3.05, 3.63) is 35.9 Å². The molecule has 106 valence electrons. The molecule has 1 aromatic carbocycles. The van der Waals surface area contributed by atoms with E-state index in [4.69, 9.17) is 0 Å². The van der Waals surface area contributed by atoms with E-state index in [-0.39, 0.29) is 5.91 Å². The number of carbonyl (C=O) groups is 1. The molecule has 1 rings (SSSR count). The number of rotatable bonds is 9. The van der Waals surface area contributed by atoms with Gasteiger partial charge in [0.15, 0.2) is 0 Å². The molecule has 0 aromatic heterocycles. The minimum absolute atomic E-state index is 0.0980. The number of hydrogen-bond acceptors (Lipinski definition) is 2. The number of benzene rings is 1. The number of nitrogens with one attached hydrogen (secondary N) is 2. The summed E-state index contributed by atoms with van der Waals surface area (Å²) in [6.45, 7) is 6.42. The molecule has 0 bridgehead atoms. The fourth-order valence-corrected chi connectivity index (χ4v) is 1.94. The summed E-state index contributed by atoms with van der Waals surface area (Å²) in [5.41, 5.74) is 1.36. The first-order chi connectivity index (χ1) is 9.24. The Kier molecular flexibility index (Phi) is 7.91. The standard InChI is InChI=1S/C16H26N2O/c1-3-4-11-18-16(19)13-17-12-10-14(2)15-8-6-5-7-9-15/h5-9,14,17H,3-4,10-13H2,1-2H3,(H,18,19). The van der Waals surface area contributed by atoms with Crippen LogP contribution in [0.1, 0.15) is 44.6 Å². The predicted octanol–water partition coefficient (Wildman–Crippen LogP) is 2.69. The number of carbonyl (C=O) groups excluding carboxylic acids is 1. The smallest absolute Gasteiger partial charge is 0.233 e. The van der Waals surface area contributed by atoms with E-state index in [1.54, 1.807) is 0 Å². The van der Waals surface area contributed by atoms with Crippen LogP contribution >= 0.6 is 0 Å². The molecule has 0 heterocycles. The Balaban J connectivity index is 2.09. The predicted molar refractivity (Wildman–Crippen MR) is 80.3 cm³/mol. The van der Waals surface area contributed by atoms with Crippen molar-refractivity contribution in [3.63, 3.8) is 0 Å². The van der Waals surface area contributed by atoms with Gasteiger partial charge in [0, 0.05) is 6.54 Å². The summed E-state index contributed by atoms with van der Waals surface area (Å²) in [6, 6.07) is 10.5. The van der Waals surface area contributed by atoms with Crippen LogP contribution in [0.25, 0.3) is 0 Å². The molecule has 0 saturated heterocycles. The third-order valence-electron chi connectivity index (χ3n) is 3.26. The SMILES string of the molecule is CCCCNC(=O)CNCCC(C)c1ccccc1.